The maximum Gasteiger partial charge on any atom is 0.292 e. The van der Waals surface area contributed by atoms with E-state index in [1.165, 1.54) is 4.90 Å². The molecule has 2 aliphatic rings. The zero-order valence-corrected chi connectivity index (χ0v) is 14.0. The molecule has 2 saturated heterocycles. The van der Waals surface area contributed by atoms with Crippen molar-refractivity contribution in [2.45, 2.75) is 11.7 Å². The van der Waals surface area contributed by atoms with Crippen molar-refractivity contribution in [1.82, 2.24) is 5.32 Å². The first kappa shape index (κ1) is 16.5. The number of hydrogen-bond acceptors (Lipinski definition) is 7. The quantitative estimate of drug-likeness (QED) is 0.778. The molecule has 0 bridgehead atoms. The second kappa shape index (κ2) is 7.05. The van der Waals surface area contributed by atoms with Crippen LogP contribution in [0.3, 0.4) is 0 Å². The number of carbonyl (C=O) groups excluding carboxylic acids is 3. The number of benzene rings is 1. The van der Waals surface area contributed by atoms with Crippen LogP contribution in [0.1, 0.15) is 6.42 Å². The summed E-state index contributed by atoms with van der Waals surface area (Å²) in [5.74, 6) is 0.00286. The van der Waals surface area contributed by atoms with Crippen LogP contribution in [0.5, 0.6) is 0 Å². The second-order valence-electron chi connectivity index (χ2n) is 4.91. The van der Waals surface area contributed by atoms with Gasteiger partial charge in [0.15, 0.2) is 5.17 Å². The summed E-state index contributed by atoms with van der Waals surface area (Å²) in [5, 5.41) is 10.2. The van der Waals surface area contributed by atoms with Gasteiger partial charge in [0.1, 0.15) is 11.1 Å². The fraction of sp³-hybridized carbons (Fsp3) is 0.214. The van der Waals surface area contributed by atoms with Crippen LogP contribution in [-0.2, 0) is 9.59 Å². The third-order valence-electron chi connectivity index (χ3n) is 3.20. The SMILES string of the molecule is NC(=O)CC1S/C(=N/N=C2\CSC(=O)N2c2ccccc2)NC1=O. The first-order valence-corrected chi connectivity index (χ1v) is 8.83. The molecule has 8 nitrogen and oxygen atoms in total. The minimum Gasteiger partial charge on any atom is -0.370 e. The van der Waals surface area contributed by atoms with Gasteiger partial charge in [0.2, 0.25) is 11.8 Å². The van der Waals surface area contributed by atoms with Crippen molar-refractivity contribution in [3.05, 3.63) is 30.3 Å². The van der Waals surface area contributed by atoms with E-state index in [0.717, 1.165) is 23.5 Å². The fourth-order valence-electron chi connectivity index (χ4n) is 2.14. The molecule has 0 aromatic heterocycles. The van der Waals surface area contributed by atoms with Crippen molar-refractivity contribution in [2.24, 2.45) is 15.9 Å². The number of nitrogens with two attached hydrogens (primary N) is 1. The highest BCUT2D eigenvalue weighted by Gasteiger charge is 2.33. The first-order valence-electron chi connectivity index (χ1n) is 6.97. The Morgan fingerprint density at radius 3 is 2.75 bits per heavy atom. The van der Waals surface area contributed by atoms with Gasteiger partial charge in [-0.05, 0) is 12.1 Å². The third-order valence-corrected chi connectivity index (χ3v) is 5.10. The molecule has 10 heteroatoms. The average molecular weight is 363 g/mol. The molecule has 2 aliphatic heterocycles. The standard InChI is InChI=1S/C14H13N5O3S2/c15-10(20)6-9-12(21)16-13(24-9)18-17-11-7-23-14(22)19(11)8-4-2-1-3-5-8/h1-5,9H,6-7H2,(H2,15,20)(H,16,18,21)/b17-11+. The van der Waals surface area contributed by atoms with Crippen LogP contribution in [0.25, 0.3) is 0 Å². The second-order valence-corrected chi connectivity index (χ2v) is 7.03. The van der Waals surface area contributed by atoms with Crippen molar-refractivity contribution in [1.29, 1.82) is 0 Å². The van der Waals surface area contributed by atoms with E-state index in [-0.39, 0.29) is 22.7 Å². The lowest BCUT2D eigenvalue weighted by molar-refractivity contribution is -0.123. The Morgan fingerprint density at radius 2 is 2.04 bits per heavy atom. The monoisotopic (exact) mass is 363 g/mol. The molecule has 1 unspecified atom stereocenters. The molecule has 0 saturated carbocycles. The molecule has 1 aromatic carbocycles. The number of primary amides is 1. The van der Waals surface area contributed by atoms with Gasteiger partial charge in [-0.15, -0.1) is 10.2 Å². The van der Waals surface area contributed by atoms with E-state index in [0.29, 0.717) is 17.3 Å². The Labute approximate surface area is 145 Å². The number of nitrogens with zero attached hydrogens (tertiary/aromatic N) is 3. The molecule has 2 fully saturated rings. The van der Waals surface area contributed by atoms with Gasteiger partial charge in [0.05, 0.1) is 11.4 Å². The van der Waals surface area contributed by atoms with Crippen LogP contribution in [0, 0.1) is 0 Å². The smallest absolute Gasteiger partial charge is 0.292 e. The Morgan fingerprint density at radius 1 is 1.29 bits per heavy atom. The molecule has 2 heterocycles. The predicted octanol–water partition coefficient (Wildman–Crippen LogP) is 1.14. The summed E-state index contributed by atoms with van der Waals surface area (Å²) in [5.41, 5.74) is 5.81. The van der Waals surface area contributed by atoms with Gasteiger partial charge in [-0.1, -0.05) is 41.7 Å². The van der Waals surface area contributed by atoms with Crippen LogP contribution >= 0.6 is 23.5 Å². The molecule has 124 valence electrons. The molecular formula is C14H13N5O3S2. The van der Waals surface area contributed by atoms with Gasteiger partial charge in [0.25, 0.3) is 5.24 Å². The summed E-state index contributed by atoms with van der Waals surface area (Å²) in [6.07, 6.45) is -0.0590. The number of carbonyl (C=O) groups is 3. The molecule has 3 N–H and O–H groups in total. The molecule has 0 radical (unpaired) electrons. The molecule has 24 heavy (non-hydrogen) atoms. The van der Waals surface area contributed by atoms with Crippen LogP contribution < -0.4 is 16.0 Å². The van der Waals surface area contributed by atoms with Gasteiger partial charge < -0.3 is 11.1 Å². The fourth-order valence-corrected chi connectivity index (χ4v) is 3.85. The summed E-state index contributed by atoms with van der Waals surface area (Å²) in [6.45, 7) is 0. The summed E-state index contributed by atoms with van der Waals surface area (Å²) < 4.78 is 0. The van der Waals surface area contributed by atoms with E-state index >= 15 is 0 Å². The van der Waals surface area contributed by atoms with Gasteiger partial charge in [-0.2, -0.15) is 0 Å². The van der Waals surface area contributed by atoms with Crippen molar-refractivity contribution in [3.63, 3.8) is 0 Å². The lowest BCUT2D eigenvalue weighted by atomic mass is 10.3. The van der Waals surface area contributed by atoms with E-state index in [9.17, 15) is 14.4 Å². The molecule has 0 spiro atoms. The van der Waals surface area contributed by atoms with Crippen molar-refractivity contribution in [3.8, 4) is 0 Å². The Kier molecular flexibility index (Phi) is 4.86. The summed E-state index contributed by atoms with van der Waals surface area (Å²) in [4.78, 5) is 36.2. The van der Waals surface area contributed by atoms with E-state index in [4.69, 9.17) is 5.73 Å². The minimum atomic E-state index is -0.591. The number of amides is 3. The highest BCUT2D eigenvalue weighted by atomic mass is 32.2. The Balaban J connectivity index is 1.77. The van der Waals surface area contributed by atoms with E-state index in [1.54, 1.807) is 12.1 Å². The van der Waals surface area contributed by atoms with Gasteiger partial charge in [0, 0.05) is 6.42 Å². The van der Waals surface area contributed by atoms with Crippen molar-refractivity contribution < 1.29 is 14.4 Å². The highest BCUT2D eigenvalue weighted by Crippen LogP contribution is 2.27. The van der Waals surface area contributed by atoms with E-state index < -0.39 is 11.2 Å². The number of nitrogens with one attached hydrogen (secondary N) is 1. The lowest BCUT2D eigenvalue weighted by Crippen LogP contribution is -2.29. The maximum absolute atomic E-state index is 12.0. The van der Waals surface area contributed by atoms with Crippen LogP contribution in [-0.4, -0.2) is 39.1 Å². The maximum atomic E-state index is 12.0. The first-order chi connectivity index (χ1) is 11.5. The molecule has 1 atom stereocenters. The highest BCUT2D eigenvalue weighted by molar-refractivity contribution is 8.15. The Hall–Kier alpha value is -2.33. The Bertz CT molecular complexity index is 750. The van der Waals surface area contributed by atoms with Crippen LogP contribution in [0.4, 0.5) is 10.5 Å². The number of amidine groups is 2. The summed E-state index contributed by atoms with van der Waals surface area (Å²) >= 11 is 2.23. The zero-order chi connectivity index (χ0) is 17.1. The number of hydrogen-bond donors (Lipinski definition) is 2. The van der Waals surface area contributed by atoms with E-state index in [2.05, 4.69) is 15.5 Å². The minimum absolute atomic E-state index is 0.0590. The van der Waals surface area contributed by atoms with E-state index in [1.807, 2.05) is 18.2 Å². The summed E-state index contributed by atoms with van der Waals surface area (Å²) in [7, 11) is 0. The largest absolute Gasteiger partial charge is 0.370 e. The van der Waals surface area contributed by atoms with Crippen molar-refractivity contribution in [2.75, 3.05) is 10.7 Å². The summed E-state index contributed by atoms with van der Waals surface area (Å²) in [6, 6.07) is 9.13. The lowest BCUT2D eigenvalue weighted by Gasteiger charge is -2.14. The average Bonchev–Trinajstić information content (AvgIpc) is 3.09. The van der Waals surface area contributed by atoms with Gasteiger partial charge >= 0.3 is 0 Å². The molecule has 3 amide bonds. The zero-order valence-electron chi connectivity index (χ0n) is 12.3. The number of rotatable bonds is 4. The van der Waals surface area contributed by atoms with Crippen LogP contribution in [0.15, 0.2) is 40.5 Å². The number of para-hydroxylation sites is 1. The predicted molar refractivity (Wildman–Crippen MR) is 95.0 cm³/mol. The number of thioether (sulfide) groups is 2. The van der Waals surface area contributed by atoms with Crippen LogP contribution in [0.2, 0.25) is 0 Å². The van der Waals surface area contributed by atoms with Crippen molar-refractivity contribution >= 4 is 57.3 Å². The van der Waals surface area contributed by atoms with Gasteiger partial charge in [-0.25, -0.2) is 0 Å². The topological polar surface area (TPSA) is 117 Å². The normalized spacial score (nSPS) is 24.0. The molecular weight excluding hydrogens is 350 g/mol. The third kappa shape index (κ3) is 3.60. The molecule has 1 aromatic rings. The van der Waals surface area contributed by atoms with Gasteiger partial charge in [-0.3, -0.25) is 19.3 Å². The molecule has 3 rings (SSSR count). The molecule has 0 aliphatic carbocycles. The number of anilines is 1.